The molecule has 1 aliphatic heterocycles. The van der Waals surface area contributed by atoms with Gasteiger partial charge in [-0.05, 0) is 55.2 Å². The van der Waals surface area contributed by atoms with Crippen LogP contribution in [0.3, 0.4) is 0 Å². The van der Waals surface area contributed by atoms with Crippen molar-refractivity contribution < 1.29 is 23.7 Å². The van der Waals surface area contributed by atoms with E-state index in [1.165, 1.54) is 0 Å². The van der Waals surface area contributed by atoms with E-state index in [9.17, 15) is 4.79 Å². The number of carbonyl (C=O) groups is 1. The fourth-order valence-electron chi connectivity index (χ4n) is 3.86. The SMILES string of the molecule is COCCOc1ccc(C(C)NC(=O)C2(c3ccc(Br)cc3)CCOCC2)cc1OC. The van der Waals surface area contributed by atoms with Gasteiger partial charge in [-0.1, -0.05) is 34.1 Å². The first-order chi connectivity index (χ1) is 15.0. The number of nitrogens with one attached hydrogen (secondary N) is 1. The molecule has 0 spiro atoms. The Morgan fingerprint density at radius 2 is 1.81 bits per heavy atom. The lowest BCUT2D eigenvalue weighted by atomic mass is 9.73. The molecular weight excluding hydrogens is 462 g/mol. The smallest absolute Gasteiger partial charge is 0.231 e. The van der Waals surface area contributed by atoms with E-state index in [0.717, 1.165) is 15.6 Å². The van der Waals surface area contributed by atoms with Crippen molar-refractivity contribution >= 4 is 21.8 Å². The summed E-state index contributed by atoms with van der Waals surface area (Å²) >= 11 is 3.48. The van der Waals surface area contributed by atoms with Gasteiger partial charge in [0, 0.05) is 24.8 Å². The van der Waals surface area contributed by atoms with Gasteiger partial charge in [-0.25, -0.2) is 0 Å². The Morgan fingerprint density at radius 3 is 2.45 bits per heavy atom. The summed E-state index contributed by atoms with van der Waals surface area (Å²) in [6, 6.07) is 13.5. The van der Waals surface area contributed by atoms with Crippen LogP contribution in [0.25, 0.3) is 0 Å². The van der Waals surface area contributed by atoms with Gasteiger partial charge < -0.3 is 24.3 Å². The van der Waals surface area contributed by atoms with E-state index >= 15 is 0 Å². The van der Waals surface area contributed by atoms with Crippen LogP contribution in [0.1, 0.15) is 36.9 Å². The lowest BCUT2D eigenvalue weighted by Crippen LogP contribution is -2.48. The number of rotatable bonds is 9. The first-order valence-electron chi connectivity index (χ1n) is 10.4. The first-order valence-corrected chi connectivity index (χ1v) is 11.2. The van der Waals surface area contributed by atoms with Gasteiger partial charge in [-0.2, -0.15) is 0 Å². The molecule has 168 valence electrons. The van der Waals surface area contributed by atoms with Gasteiger partial charge in [0.05, 0.1) is 25.2 Å². The fourth-order valence-corrected chi connectivity index (χ4v) is 4.13. The van der Waals surface area contributed by atoms with E-state index in [1.807, 2.05) is 49.4 Å². The van der Waals surface area contributed by atoms with Crippen molar-refractivity contribution in [2.75, 3.05) is 40.6 Å². The van der Waals surface area contributed by atoms with Crippen LogP contribution in [-0.4, -0.2) is 46.6 Å². The summed E-state index contributed by atoms with van der Waals surface area (Å²) < 4.78 is 22.8. The highest BCUT2D eigenvalue weighted by molar-refractivity contribution is 9.10. The minimum atomic E-state index is -0.597. The first kappa shape index (κ1) is 23.6. The van der Waals surface area contributed by atoms with Crippen molar-refractivity contribution in [2.24, 2.45) is 0 Å². The van der Waals surface area contributed by atoms with Crippen molar-refractivity contribution in [2.45, 2.75) is 31.2 Å². The zero-order valence-electron chi connectivity index (χ0n) is 18.3. The highest BCUT2D eigenvalue weighted by Gasteiger charge is 2.42. The molecule has 1 N–H and O–H groups in total. The number of hydrogen-bond acceptors (Lipinski definition) is 5. The molecule has 1 aliphatic rings. The molecule has 31 heavy (non-hydrogen) atoms. The number of methoxy groups -OCH3 is 2. The molecule has 1 heterocycles. The van der Waals surface area contributed by atoms with Crippen molar-refractivity contribution in [3.8, 4) is 11.5 Å². The molecule has 1 unspecified atom stereocenters. The van der Waals surface area contributed by atoms with Gasteiger partial charge in [0.1, 0.15) is 6.61 Å². The topological polar surface area (TPSA) is 66.0 Å². The van der Waals surface area contributed by atoms with Crippen molar-refractivity contribution in [1.82, 2.24) is 5.32 Å². The average Bonchev–Trinajstić information content (AvgIpc) is 2.80. The maximum atomic E-state index is 13.5. The fraction of sp³-hybridized carbons (Fsp3) is 0.458. The van der Waals surface area contributed by atoms with Crippen LogP contribution < -0.4 is 14.8 Å². The van der Waals surface area contributed by atoms with Crippen LogP contribution in [0, 0.1) is 0 Å². The van der Waals surface area contributed by atoms with Crippen LogP contribution in [0.4, 0.5) is 0 Å². The third-order valence-electron chi connectivity index (χ3n) is 5.76. The van der Waals surface area contributed by atoms with Crippen LogP contribution in [0.15, 0.2) is 46.9 Å². The zero-order valence-corrected chi connectivity index (χ0v) is 19.9. The quantitative estimate of drug-likeness (QED) is 0.526. The Balaban J connectivity index is 1.78. The van der Waals surface area contributed by atoms with E-state index in [4.69, 9.17) is 18.9 Å². The molecule has 1 atom stereocenters. The van der Waals surface area contributed by atoms with Crippen molar-refractivity contribution in [3.63, 3.8) is 0 Å². The molecule has 1 amide bonds. The maximum Gasteiger partial charge on any atom is 0.231 e. The molecule has 1 fully saturated rings. The minimum absolute atomic E-state index is 0.0185. The van der Waals surface area contributed by atoms with Crippen molar-refractivity contribution in [1.29, 1.82) is 0 Å². The summed E-state index contributed by atoms with van der Waals surface area (Å²) in [6.45, 7) is 4.06. The summed E-state index contributed by atoms with van der Waals surface area (Å²) in [6.07, 6.45) is 1.31. The summed E-state index contributed by atoms with van der Waals surface area (Å²) in [5.41, 5.74) is 1.37. The van der Waals surface area contributed by atoms with Gasteiger partial charge >= 0.3 is 0 Å². The van der Waals surface area contributed by atoms with Gasteiger partial charge in [0.15, 0.2) is 11.5 Å². The number of halogens is 1. The zero-order chi connectivity index (χ0) is 22.3. The lowest BCUT2D eigenvalue weighted by Gasteiger charge is -2.37. The number of amides is 1. The molecule has 6 nitrogen and oxygen atoms in total. The Kier molecular flexibility index (Phi) is 8.35. The number of ether oxygens (including phenoxy) is 4. The highest BCUT2D eigenvalue weighted by atomic mass is 79.9. The van der Waals surface area contributed by atoms with Crippen molar-refractivity contribution in [3.05, 3.63) is 58.1 Å². The van der Waals surface area contributed by atoms with E-state index in [1.54, 1.807) is 14.2 Å². The van der Waals surface area contributed by atoms with Gasteiger partial charge in [-0.3, -0.25) is 4.79 Å². The molecule has 2 aromatic rings. The van der Waals surface area contributed by atoms with Gasteiger partial charge in [0.25, 0.3) is 0 Å². The summed E-state index contributed by atoms with van der Waals surface area (Å²) in [7, 11) is 3.24. The second-order valence-corrected chi connectivity index (χ2v) is 8.56. The van der Waals surface area contributed by atoms with E-state index in [-0.39, 0.29) is 11.9 Å². The van der Waals surface area contributed by atoms with Gasteiger partial charge in [-0.15, -0.1) is 0 Å². The predicted octanol–water partition coefficient (Wildman–Crippen LogP) is 4.41. The largest absolute Gasteiger partial charge is 0.493 e. The van der Waals surface area contributed by atoms with Crippen LogP contribution >= 0.6 is 15.9 Å². The molecule has 7 heteroatoms. The Bertz CT molecular complexity index is 865. The Labute approximate surface area is 192 Å². The highest BCUT2D eigenvalue weighted by Crippen LogP contribution is 2.37. The molecular formula is C24H30BrNO5. The molecule has 0 aromatic heterocycles. The normalized spacial score (nSPS) is 16.4. The standard InChI is InChI=1S/C24H30BrNO5/c1-17(18-4-9-21(22(16-18)29-3)31-15-14-28-2)26-23(27)24(10-12-30-13-11-24)19-5-7-20(25)8-6-19/h4-9,16-17H,10-15H2,1-3H3,(H,26,27). The molecule has 3 rings (SSSR count). The van der Waals surface area contributed by atoms with Crippen LogP contribution in [0.5, 0.6) is 11.5 Å². The summed E-state index contributed by atoms with van der Waals surface area (Å²) in [4.78, 5) is 13.5. The van der Waals surface area contributed by atoms with Crippen LogP contribution in [0.2, 0.25) is 0 Å². The summed E-state index contributed by atoms with van der Waals surface area (Å²) in [5, 5.41) is 3.22. The summed E-state index contributed by atoms with van der Waals surface area (Å²) in [5.74, 6) is 1.30. The molecule has 0 bridgehead atoms. The average molecular weight is 492 g/mol. The molecule has 0 radical (unpaired) electrons. The third kappa shape index (κ3) is 5.59. The molecule has 1 saturated heterocycles. The Hall–Kier alpha value is -2.09. The maximum absolute atomic E-state index is 13.5. The van der Waals surface area contributed by atoms with E-state index in [2.05, 4.69) is 21.2 Å². The number of carbonyl (C=O) groups excluding carboxylic acids is 1. The molecule has 0 aliphatic carbocycles. The molecule has 2 aromatic carbocycles. The number of hydrogen-bond donors (Lipinski definition) is 1. The monoisotopic (exact) mass is 491 g/mol. The lowest BCUT2D eigenvalue weighted by molar-refractivity contribution is -0.131. The van der Waals surface area contributed by atoms with Crippen LogP contribution in [-0.2, 0) is 19.7 Å². The van der Waals surface area contributed by atoms with E-state index in [0.29, 0.717) is 50.8 Å². The molecule has 0 saturated carbocycles. The third-order valence-corrected chi connectivity index (χ3v) is 6.29. The minimum Gasteiger partial charge on any atom is -0.493 e. The second kappa shape index (κ2) is 11.0. The van der Waals surface area contributed by atoms with E-state index < -0.39 is 5.41 Å². The second-order valence-electron chi connectivity index (χ2n) is 7.65. The van der Waals surface area contributed by atoms with Gasteiger partial charge in [0.2, 0.25) is 5.91 Å². The predicted molar refractivity (Wildman–Crippen MR) is 123 cm³/mol. The number of benzene rings is 2. The Morgan fingerprint density at radius 1 is 1.10 bits per heavy atom.